The fourth-order valence-corrected chi connectivity index (χ4v) is 1.53. The standard InChI is InChI=1S/C12H11N3O4/c1-2-19-12(16)9-3-5-10(6-4-9)14-7-11(13-8-14)15(17)18/h3-8H,2H2,1H3. The van der Waals surface area contributed by atoms with Crippen molar-refractivity contribution in [1.29, 1.82) is 0 Å². The topological polar surface area (TPSA) is 87.3 Å². The van der Waals surface area contributed by atoms with Gasteiger partial charge in [-0.1, -0.05) is 0 Å². The molecule has 0 saturated carbocycles. The molecule has 0 bridgehead atoms. The average molecular weight is 261 g/mol. The SMILES string of the molecule is CCOC(=O)c1ccc(-n2cnc([N+](=O)[O-])c2)cc1. The van der Waals surface area contributed by atoms with Crippen LogP contribution in [-0.4, -0.2) is 27.1 Å². The number of hydrogen-bond donors (Lipinski definition) is 0. The maximum absolute atomic E-state index is 11.5. The number of imidazole rings is 1. The smallest absolute Gasteiger partial charge is 0.381 e. The zero-order valence-corrected chi connectivity index (χ0v) is 10.1. The molecule has 1 heterocycles. The second-order valence-corrected chi connectivity index (χ2v) is 3.66. The first-order valence-electron chi connectivity index (χ1n) is 5.57. The van der Waals surface area contributed by atoms with Gasteiger partial charge in [-0.3, -0.25) is 4.57 Å². The molecule has 0 spiro atoms. The lowest BCUT2D eigenvalue weighted by Crippen LogP contribution is -2.04. The Hall–Kier alpha value is -2.70. The minimum absolute atomic E-state index is 0.227. The monoisotopic (exact) mass is 261 g/mol. The summed E-state index contributed by atoms with van der Waals surface area (Å²) in [5, 5.41) is 10.5. The van der Waals surface area contributed by atoms with Crippen LogP contribution in [0, 0.1) is 10.1 Å². The summed E-state index contributed by atoms with van der Waals surface area (Å²) < 4.78 is 6.37. The molecule has 0 saturated heterocycles. The summed E-state index contributed by atoms with van der Waals surface area (Å²) in [4.78, 5) is 25.1. The molecule has 7 nitrogen and oxygen atoms in total. The number of esters is 1. The maximum Gasteiger partial charge on any atom is 0.381 e. The van der Waals surface area contributed by atoms with Crippen molar-refractivity contribution < 1.29 is 14.5 Å². The fourth-order valence-electron chi connectivity index (χ4n) is 1.53. The minimum atomic E-state index is -0.566. The molecule has 0 fully saturated rings. The van der Waals surface area contributed by atoms with E-state index in [9.17, 15) is 14.9 Å². The predicted molar refractivity (Wildman–Crippen MR) is 66.2 cm³/mol. The van der Waals surface area contributed by atoms with E-state index in [1.54, 1.807) is 31.2 Å². The van der Waals surface area contributed by atoms with Gasteiger partial charge in [-0.2, -0.15) is 0 Å². The maximum atomic E-state index is 11.5. The predicted octanol–water partition coefficient (Wildman–Crippen LogP) is 1.96. The van der Waals surface area contributed by atoms with E-state index in [4.69, 9.17) is 4.74 Å². The summed E-state index contributed by atoms with van der Waals surface area (Å²) in [5.41, 5.74) is 1.11. The van der Waals surface area contributed by atoms with Crippen molar-refractivity contribution in [3.8, 4) is 5.69 Å². The molecule has 0 N–H and O–H groups in total. The van der Waals surface area contributed by atoms with E-state index in [1.807, 2.05) is 0 Å². The molecule has 0 aliphatic carbocycles. The van der Waals surface area contributed by atoms with Crippen LogP contribution in [0.2, 0.25) is 0 Å². The van der Waals surface area contributed by atoms with E-state index >= 15 is 0 Å². The Bertz CT molecular complexity index is 604. The van der Waals surface area contributed by atoms with Gasteiger partial charge < -0.3 is 14.9 Å². The molecular formula is C12H11N3O4. The van der Waals surface area contributed by atoms with Gasteiger partial charge >= 0.3 is 11.8 Å². The lowest BCUT2D eigenvalue weighted by Gasteiger charge is -2.03. The van der Waals surface area contributed by atoms with Crippen molar-refractivity contribution in [3.63, 3.8) is 0 Å². The minimum Gasteiger partial charge on any atom is -0.462 e. The number of carbonyl (C=O) groups is 1. The molecule has 0 amide bonds. The molecule has 0 aliphatic rings. The summed E-state index contributed by atoms with van der Waals surface area (Å²) in [5.74, 6) is -0.625. The number of hydrogen-bond acceptors (Lipinski definition) is 5. The highest BCUT2D eigenvalue weighted by Crippen LogP contribution is 2.14. The van der Waals surface area contributed by atoms with Crippen LogP contribution >= 0.6 is 0 Å². The third-order valence-electron chi connectivity index (χ3n) is 2.43. The molecule has 2 aromatic rings. The molecule has 98 valence electrons. The van der Waals surface area contributed by atoms with Gasteiger partial charge in [0.2, 0.25) is 6.33 Å². The number of carbonyl (C=O) groups excluding carboxylic acids is 1. The molecule has 19 heavy (non-hydrogen) atoms. The number of benzene rings is 1. The second kappa shape index (κ2) is 5.30. The molecule has 0 atom stereocenters. The Balaban J connectivity index is 2.22. The normalized spacial score (nSPS) is 10.2. The molecule has 7 heteroatoms. The van der Waals surface area contributed by atoms with E-state index < -0.39 is 10.9 Å². The Labute approximate surface area is 108 Å². The number of nitro groups is 1. The van der Waals surface area contributed by atoms with E-state index in [2.05, 4.69) is 4.98 Å². The third kappa shape index (κ3) is 2.76. The van der Waals surface area contributed by atoms with Gasteiger partial charge in [0.15, 0.2) is 0 Å². The molecule has 0 unspecified atom stereocenters. The number of ether oxygens (including phenoxy) is 1. The highest BCUT2D eigenvalue weighted by Gasteiger charge is 2.11. The van der Waals surface area contributed by atoms with E-state index in [-0.39, 0.29) is 5.82 Å². The van der Waals surface area contributed by atoms with Crippen molar-refractivity contribution in [2.75, 3.05) is 6.61 Å². The zero-order valence-electron chi connectivity index (χ0n) is 10.1. The van der Waals surface area contributed by atoms with Crippen LogP contribution in [-0.2, 0) is 4.74 Å². The Morgan fingerprint density at radius 1 is 1.42 bits per heavy atom. The third-order valence-corrected chi connectivity index (χ3v) is 2.43. The quantitative estimate of drug-likeness (QED) is 0.477. The Morgan fingerprint density at radius 2 is 2.11 bits per heavy atom. The van der Waals surface area contributed by atoms with Gasteiger partial charge in [0.25, 0.3) is 0 Å². The zero-order chi connectivity index (χ0) is 13.8. The lowest BCUT2D eigenvalue weighted by atomic mass is 10.2. The molecular weight excluding hydrogens is 250 g/mol. The van der Waals surface area contributed by atoms with Crippen molar-refractivity contribution in [3.05, 3.63) is 52.5 Å². The van der Waals surface area contributed by atoms with E-state index in [0.717, 1.165) is 0 Å². The van der Waals surface area contributed by atoms with Crippen molar-refractivity contribution in [2.45, 2.75) is 6.92 Å². The first kappa shape index (κ1) is 12.7. The van der Waals surface area contributed by atoms with Crippen molar-refractivity contribution in [1.82, 2.24) is 9.55 Å². The van der Waals surface area contributed by atoms with Crippen LogP contribution in [0.4, 0.5) is 5.82 Å². The summed E-state index contributed by atoms with van der Waals surface area (Å²) in [6.07, 6.45) is 2.65. The molecule has 2 rings (SSSR count). The van der Waals surface area contributed by atoms with Gasteiger partial charge in [0.05, 0.1) is 12.2 Å². The summed E-state index contributed by atoms with van der Waals surface area (Å²) in [6.45, 7) is 2.05. The first-order chi connectivity index (χ1) is 9.11. The summed E-state index contributed by atoms with van der Waals surface area (Å²) in [7, 11) is 0. The highest BCUT2D eigenvalue weighted by molar-refractivity contribution is 5.89. The van der Waals surface area contributed by atoms with Gasteiger partial charge in [0, 0.05) is 5.69 Å². The van der Waals surface area contributed by atoms with Gasteiger partial charge in [-0.05, 0) is 41.1 Å². The molecule has 0 radical (unpaired) electrons. The first-order valence-corrected chi connectivity index (χ1v) is 5.57. The van der Waals surface area contributed by atoms with Gasteiger partial charge in [-0.25, -0.2) is 4.79 Å². The number of aromatic nitrogens is 2. The summed E-state index contributed by atoms with van der Waals surface area (Å²) >= 11 is 0. The average Bonchev–Trinajstić information content (AvgIpc) is 2.89. The number of rotatable bonds is 4. The van der Waals surface area contributed by atoms with Crippen LogP contribution in [0.15, 0.2) is 36.8 Å². The van der Waals surface area contributed by atoms with Crippen molar-refractivity contribution >= 4 is 11.8 Å². The van der Waals surface area contributed by atoms with Crippen molar-refractivity contribution in [2.24, 2.45) is 0 Å². The van der Waals surface area contributed by atoms with Crippen LogP contribution in [0.5, 0.6) is 0 Å². The van der Waals surface area contributed by atoms with Crippen LogP contribution in [0.1, 0.15) is 17.3 Å². The highest BCUT2D eigenvalue weighted by atomic mass is 16.6. The largest absolute Gasteiger partial charge is 0.462 e. The number of nitrogens with zero attached hydrogens (tertiary/aromatic N) is 3. The molecule has 1 aromatic heterocycles. The lowest BCUT2D eigenvalue weighted by molar-refractivity contribution is -0.389. The Kier molecular flexibility index (Phi) is 3.56. The molecule has 1 aromatic carbocycles. The van der Waals surface area contributed by atoms with E-state index in [1.165, 1.54) is 17.1 Å². The molecule has 0 aliphatic heterocycles. The van der Waals surface area contributed by atoms with Crippen LogP contribution in [0.3, 0.4) is 0 Å². The van der Waals surface area contributed by atoms with Gasteiger partial charge in [0.1, 0.15) is 6.20 Å². The van der Waals surface area contributed by atoms with E-state index in [0.29, 0.717) is 17.9 Å². The summed E-state index contributed by atoms with van der Waals surface area (Å²) in [6, 6.07) is 6.52. The van der Waals surface area contributed by atoms with Gasteiger partial charge in [-0.15, -0.1) is 0 Å². The second-order valence-electron chi connectivity index (χ2n) is 3.66. The van der Waals surface area contributed by atoms with Crippen LogP contribution < -0.4 is 0 Å². The fraction of sp³-hybridized carbons (Fsp3) is 0.167. The van der Waals surface area contributed by atoms with Crippen LogP contribution in [0.25, 0.3) is 5.69 Å². The Morgan fingerprint density at radius 3 is 2.63 bits per heavy atom.